The maximum Gasteiger partial charge on any atom is 0.222 e. The summed E-state index contributed by atoms with van der Waals surface area (Å²) in [7, 11) is 0. The molecule has 0 aliphatic carbocycles. The molecule has 21 heavy (non-hydrogen) atoms. The molecule has 1 amide bonds. The normalized spacial score (nSPS) is 23.1. The second-order valence-electron chi connectivity index (χ2n) is 5.96. The largest absolute Gasteiger partial charge is 0.473 e. The summed E-state index contributed by atoms with van der Waals surface area (Å²) in [5.74, 6) is 2.01. The van der Waals surface area contributed by atoms with Crippen LogP contribution in [-0.2, 0) is 4.79 Å². The third-order valence-electron chi connectivity index (χ3n) is 4.16. The van der Waals surface area contributed by atoms with Crippen LogP contribution in [0.5, 0.6) is 5.88 Å². The molecule has 0 radical (unpaired) electrons. The maximum absolute atomic E-state index is 12.0. The first-order valence-corrected chi connectivity index (χ1v) is 8.69. The van der Waals surface area contributed by atoms with E-state index in [1.165, 1.54) is 0 Å². The van der Waals surface area contributed by atoms with E-state index in [2.05, 4.69) is 11.9 Å². The van der Waals surface area contributed by atoms with Gasteiger partial charge in [0.1, 0.15) is 6.10 Å². The fraction of sp³-hybridized carbons (Fsp3) is 0.625. The van der Waals surface area contributed by atoms with Crippen LogP contribution in [0.25, 0.3) is 0 Å². The summed E-state index contributed by atoms with van der Waals surface area (Å²) in [5, 5.41) is 0. The molecule has 0 N–H and O–H groups in total. The van der Waals surface area contributed by atoms with Crippen LogP contribution in [0.4, 0.5) is 0 Å². The van der Waals surface area contributed by atoms with Gasteiger partial charge in [-0.2, -0.15) is 0 Å². The number of likely N-dealkylation sites (tertiary alicyclic amines) is 1. The molecule has 1 aromatic heterocycles. The first kappa shape index (κ1) is 14.7. The lowest BCUT2D eigenvalue weighted by atomic mass is 9.92. The number of unbranched alkanes of at least 4 members (excludes halogenated alkanes) is 1. The highest BCUT2D eigenvalue weighted by Crippen LogP contribution is 2.46. The molecule has 0 unspecified atom stereocenters. The highest BCUT2D eigenvalue weighted by atomic mass is 32.2. The molecule has 3 rings (SSSR count). The van der Waals surface area contributed by atoms with Crippen molar-refractivity contribution in [3.63, 3.8) is 0 Å². The van der Waals surface area contributed by atoms with Crippen molar-refractivity contribution in [3.05, 3.63) is 24.4 Å². The van der Waals surface area contributed by atoms with Crippen molar-refractivity contribution in [1.82, 2.24) is 9.88 Å². The summed E-state index contributed by atoms with van der Waals surface area (Å²) >= 11 is 1.96. The summed E-state index contributed by atoms with van der Waals surface area (Å²) in [6.07, 6.45) is 5.78. The van der Waals surface area contributed by atoms with Gasteiger partial charge in [0, 0.05) is 43.9 Å². The molecule has 4 nitrogen and oxygen atoms in total. The monoisotopic (exact) mass is 306 g/mol. The van der Waals surface area contributed by atoms with Crippen LogP contribution < -0.4 is 4.74 Å². The van der Waals surface area contributed by atoms with E-state index >= 15 is 0 Å². The van der Waals surface area contributed by atoms with Gasteiger partial charge in [0.05, 0.1) is 4.75 Å². The smallest absolute Gasteiger partial charge is 0.222 e. The van der Waals surface area contributed by atoms with Crippen LogP contribution in [0.15, 0.2) is 24.4 Å². The molecule has 3 heterocycles. The topological polar surface area (TPSA) is 42.4 Å². The van der Waals surface area contributed by atoms with Gasteiger partial charge in [-0.1, -0.05) is 19.4 Å². The number of hydrogen-bond donors (Lipinski definition) is 0. The Bertz CT molecular complexity index is 488. The summed E-state index contributed by atoms with van der Waals surface area (Å²) < 4.78 is 6.17. The number of carbonyl (C=O) groups excluding carboxylic acids is 1. The maximum atomic E-state index is 12.0. The minimum atomic E-state index is 0.220. The predicted octanol–water partition coefficient (Wildman–Crippen LogP) is 2.74. The van der Waals surface area contributed by atoms with E-state index in [0.29, 0.717) is 18.2 Å². The fourth-order valence-electron chi connectivity index (χ4n) is 3.00. The number of carbonyl (C=O) groups is 1. The molecule has 2 saturated heterocycles. The van der Waals surface area contributed by atoms with Gasteiger partial charge in [-0.15, -0.1) is 11.8 Å². The Morgan fingerprint density at radius 1 is 1.52 bits per heavy atom. The average molecular weight is 306 g/mol. The van der Waals surface area contributed by atoms with Crippen molar-refractivity contribution in [2.45, 2.75) is 43.5 Å². The van der Waals surface area contributed by atoms with E-state index in [4.69, 9.17) is 4.74 Å². The number of nitrogens with zero attached hydrogens (tertiary/aromatic N) is 2. The van der Waals surface area contributed by atoms with Crippen molar-refractivity contribution < 1.29 is 9.53 Å². The van der Waals surface area contributed by atoms with Crippen molar-refractivity contribution in [1.29, 1.82) is 0 Å². The van der Waals surface area contributed by atoms with Crippen LogP contribution in [0.1, 0.15) is 32.6 Å². The van der Waals surface area contributed by atoms with Crippen molar-refractivity contribution >= 4 is 17.7 Å². The highest BCUT2D eigenvalue weighted by molar-refractivity contribution is 8.01. The SMILES string of the molecule is CCCCC(=O)N1CC2(C[C@H](Oc3ccccn3)CS2)C1. The van der Waals surface area contributed by atoms with Gasteiger partial charge in [0.2, 0.25) is 11.8 Å². The molecule has 1 spiro atoms. The van der Waals surface area contributed by atoms with Crippen molar-refractivity contribution in [3.8, 4) is 5.88 Å². The van der Waals surface area contributed by atoms with Crippen molar-refractivity contribution in [2.24, 2.45) is 0 Å². The van der Waals surface area contributed by atoms with E-state index in [0.717, 1.165) is 38.1 Å². The van der Waals surface area contributed by atoms with Gasteiger partial charge >= 0.3 is 0 Å². The van der Waals surface area contributed by atoms with E-state index < -0.39 is 0 Å². The first-order valence-electron chi connectivity index (χ1n) is 7.70. The molecule has 0 aromatic carbocycles. The Labute approximate surface area is 130 Å². The van der Waals surface area contributed by atoms with Gasteiger partial charge in [-0.3, -0.25) is 4.79 Å². The molecule has 2 aliphatic rings. The third-order valence-corrected chi connectivity index (χ3v) is 5.73. The van der Waals surface area contributed by atoms with Gasteiger partial charge in [0.15, 0.2) is 0 Å². The van der Waals surface area contributed by atoms with Crippen molar-refractivity contribution in [2.75, 3.05) is 18.8 Å². The highest BCUT2D eigenvalue weighted by Gasteiger charge is 2.51. The Kier molecular flexibility index (Phi) is 4.38. The second-order valence-corrected chi connectivity index (χ2v) is 7.45. The first-order chi connectivity index (χ1) is 10.2. The minimum Gasteiger partial charge on any atom is -0.473 e. The van der Waals surface area contributed by atoms with E-state index in [-0.39, 0.29) is 10.9 Å². The average Bonchev–Trinajstić information content (AvgIpc) is 2.88. The Morgan fingerprint density at radius 3 is 3.10 bits per heavy atom. The summed E-state index contributed by atoms with van der Waals surface area (Å²) in [6, 6.07) is 5.73. The predicted molar refractivity (Wildman–Crippen MR) is 84.6 cm³/mol. The van der Waals surface area contributed by atoms with Crippen LogP contribution in [0.3, 0.4) is 0 Å². The molecule has 2 aliphatic heterocycles. The van der Waals surface area contributed by atoms with Crippen LogP contribution in [0, 0.1) is 0 Å². The molecule has 2 fully saturated rings. The number of thioether (sulfide) groups is 1. The molecule has 1 aromatic rings. The number of rotatable bonds is 5. The second kappa shape index (κ2) is 6.26. The Balaban J connectivity index is 1.47. The van der Waals surface area contributed by atoms with Crippen LogP contribution in [0.2, 0.25) is 0 Å². The fourth-order valence-corrected chi connectivity index (χ4v) is 4.52. The molecule has 0 bridgehead atoms. The zero-order valence-corrected chi connectivity index (χ0v) is 13.3. The quantitative estimate of drug-likeness (QED) is 0.839. The van der Waals surface area contributed by atoms with Gasteiger partial charge in [0.25, 0.3) is 0 Å². The number of ether oxygens (including phenoxy) is 1. The van der Waals surface area contributed by atoms with Gasteiger partial charge in [-0.05, 0) is 12.5 Å². The molecule has 5 heteroatoms. The number of hydrogen-bond acceptors (Lipinski definition) is 4. The van der Waals surface area contributed by atoms with E-state index in [1.807, 2.05) is 34.9 Å². The number of aromatic nitrogens is 1. The van der Waals surface area contributed by atoms with Crippen LogP contribution >= 0.6 is 11.8 Å². The molecular formula is C16H22N2O2S. The zero-order chi connectivity index (χ0) is 14.7. The zero-order valence-electron chi connectivity index (χ0n) is 12.5. The molecular weight excluding hydrogens is 284 g/mol. The Morgan fingerprint density at radius 2 is 2.38 bits per heavy atom. The number of amides is 1. The molecule has 114 valence electrons. The third kappa shape index (κ3) is 3.34. The lowest BCUT2D eigenvalue weighted by molar-refractivity contribution is -0.136. The van der Waals surface area contributed by atoms with E-state index in [9.17, 15) is 4.79 Å². The van der Waals surface area contributed by atoms with E-state index in [1.54, 1.807) is 6.20 Å². The summed E-state index contributed by atoms with van der Waals surface area (Å²) in [5.41, 5.74) is 0. The van der Waals surface area contributed by atoms with Gasteiger partial charge in [-0.25, -0.2) is 4.98 Å². The summed E-state index contributed by atoms with van der Waals surface area (Å²) in [4.78, 5) is 18.2. The lowest BCUT2D eigenvalue weighted by Gasteiger charge is -2.47. The van der Waals surface area contributed by atoms with Gasteiger partial charge < -0.3 is 9.64 Å². The lowest BCUT2D eigenvalue weighted by Crippen LogP contribution is -2.60. The molecule has 1 atom stereocenters. The molecule has 0 saturated carbocycles. The standard InChI is InChI=1S/C16H22N2O2S/c1-2-3-7-15(19)18-11-16(12-18)9-13(10-21-16)20-14-6-4-5-8-17-14/h4-6,8,13H,2-3,7,9-12H2,1H3/t13-/m0/s1. The minimum absolute atomic E-state index is 0.220. The number of pyridine rings is 1. The summed E-state index contributed by atoms with van der Waals surface area (Å²) in [6.45, 7) is 3.90. The Hall–Kier alpha value is -1.23. The van der Waals surface area contributed by atoms with Crippen LogP contribution in [-0.4, -0.2) is 45.5 Å².